The molecule has 3 rings (SSSR count). The summed E-state index contributed by atoms with van der Waals surface area (Å²) in [6, 6.07) is 9.18. The number of amides is 2. The van der Waals surface area contributed by atoms with E-state index >= 15 is 0 Å². The Bertz CT molecular complexity index is 988. The zero-order chi connectivity index (χ0) is 21.8. The summed E-state index contributed by atoms with van der Waals surface area (Å²) in [5.74, 6) is -4.35. The van der Waals surface area contributed by atoms with Gasteiger partial charge in [-0.2, -0.15) is 0 Å². The predicted molar refractivity (Wildman–Crippen MR) is 110 cm³/mol. The molecule has 10 heteroatoms. The molecule has 1 aliphatic heterocycles. The lowest BCUT2D eigenvalue weighted by Crippen LogP contribution is -2.40. The van der Waals surface area contributed by atoms with Crippen molar-refractivity contribution in [1.82, 2.24) is 10.2 Å². The zero-order valence-electron chi connectivity index (χ0n) is 16.2. The fourth-order valence-electron chi connectivity index (χ4n) is 3.42. The summed E-state index contributed by atoms with van der Waals surface area (Å²) in [7, 11) is 0. The average molecular weight is 431 g/mol. The van der Waals surface area contributed by atoms with Crippen LogP contribution in [0.1, 0.15) is 39.3 Å². The third-order valence-corrected chi connectivity index (χ3v) is 6.08. The Morgan fingerprint density at radius 3 is 2.50 bits per heavy atom. The number of fused-ring (bicyclic) bond motifs is 1. The predicted octanol–water partition coefficient (Wildman–Crippen LogP) is 1.70. The molecule has 0 fully saturated rings. The number of carbonyl (C=O) groups excluding carboxylic acids is 2. The van der Waals surface area contributed by atoms with E-state index in [0.29, 0.717) is 36.5 Å². The largest absolute Gasteiger partial charge is 0.478 e. The molecule has 158 valence electrons. The molecule has 0 saturated heterocycles. The smallest absolute Gasteiger partial charge is 0.394 e. The van der Waals surface area contributed by atoms with Crippen LogP contribution in [0.25, 0.3) is 0 Å². The molecule has 1 atom stereocenters. The molecule has 2 heterocycles. The van der Waals surface area contributed by atoms with E-state index in [2.05, 4.69) is 10.6 Å². The van der Waals surface area contributed by atoms with Crippen molar-refractivity contribution in [2.45, 2.75) is 25.9 Å². The summed E-state index contributed by atoms with van der Waals surface area (Å²) in [4.78, 5) is 48.8. The van der Waals surface area contributed by atoms with Gasteiger partial charge in [-0.05, 0) is 24.1 Å². The van der Waals surface area contributed by atoms with Gasteiger partial charge in [-0.3, -0.25) is 9.59 Å². The lowest BCUT2D eigenvalue weighted by Gasteiger charge is -2.30. The van der Waals surface area contributed by atoms with Crippen molar-refractivity contribution in [2.75, 3.05) is 18.4 Å². The number of benzene rings is 1. The molecule has 2 aromatic rings. The van der Waals surface area contributed by atoms with Gasteiger partial charge in [-0.15, -0.1) is 11.3 Å². The maximum atomic E-state index is 12.2. The number of nitrogens with one attached hydrogen (secondary N) is 2. The normalized spacial score (nSPS) is 15.2. The Balaban J connectivity index is 1.90. The van der Waals surface area contributed by atoms with Gasteiger partial charge in [0, 0.05) is 24.9 Å². The monoisotopic (exact) mass is 431 g/mol. The van der Waals surface area contributed by atoms with Crippen molar-refractivity contribution in [2.24, 2.45) is 0 Å². The van der Waals surface area contributed by atoms with Gasteiger partial charge in [0.2, 0.25) is 5.91 Å². The third kappa shape index (κ3) is 4.66. The first-order valence-corrected chi connectivity index (χ1v) is 10.1. The number of carboxylic acid groups (broad SMARTS) is 2. The lowest BCUT2D eigenvalue weighted by atomic mass is 9.98. The minimum absolute atomic E-state index is 0.00830. The van der Waals surface area contributed by atoms with E-state index in [1.165, 1.54) is 6.92 Å². The number of hydrogen-bond acceptors (Lipinski definition) is 6. The van der Waals surface area contributed by atoms with E-state index in [-0.39, 0.29) is 22.5 Å². The molecule has 9 nitrogen and oxygen atoms in total. The van der Waals surface area contributed by atoms with Crippen LogP contribution < -0.4 is 10.6 Å². The van der Waals surface area contributed by atoms with Crippen LogP contribution >= 0.6 is 11.3 Å². The SMILES string of the molecule is CC(=O)N(Cc1ccccc1)CC1NCCc2c1sc(NC(=O)C(=O)O)c2C(=O)O. The van der Waals surface area contributed by atoms with Gasteiger partial charge in [-0.1, -0.05) is 30.3 Å². The summed E-state index contributed by atoms with van der Waals surface area (Å²) in [6.07, 6.45) is 0.422. The first-order valence-electron chi connectivity index (χ1n) is 9.23. The van der Waals surface area contributed by atoms with Gasteiger partial charge in [-0.25, -0.2) is 9.59 Å². The van der Waals surface area contributed by atoms with Crippen LogP contribution in [-0.2, 0) is 27.3 Å². The van der Waals surface area contributed by atoms with E-state index in [4.69, 9.17) is 5.11 Å². The van der Waals surface area contributed by atoms with E-state index < -0.39 is 17.8 Å². The van der Waals surface area contributed by atoms with Gasteiger partial charge >= 0.3 is 17.8 Å². The number of carboxylic acids is 2. The maximum Gasteiger partial charge on any atom is 0.394 e. The van der Waals surface area contributed by atoms with Crippen LogP contribution in [0.15, 0.2) is 30.3 Å². The highest BCUT2D eigenvalue weighted by molar-refractivity contribution is 7.17. The number of rotatable bonds is 6. The van der Waals surface area contributed by atoms with Crippen molar-refractivity contribution < 1.29 is 29.4 Å². The number of hydrogen-bond donors (Lipinski definition) is 4. The van der Waals surface area contributed by atoms with Crippen molar-refractivity contribution in [1.29, 1.82) is 0 Å². The lowest BCUT2D eigenvalue weighted by molar-refractivity contribution is -0.147. The van der Waals surface area contributed by atoms with Gasteiger partial charge < -0.3 is 25.7 Å². The van der Waals surface area contributed by atoms with Gasteiger partial charge in [0.15, 0.2) is 0 Å². The molecule has 1 aromatic carbocycles. The molecule has 0 aliphatic carbocycles. The Morgan fingerprint density at radius 1 is 1.20 bits per heavy atom. The highest BCUT2D eigenvalue weighted by Gasteiger charge is 2.32. The van der Waals surface area contributed by atoms with Crippen LogP contribution in [0.4, 0.5) is 5.00 Å². The Labute approximate surface area is 176 Å². The topological polar surface area (TPSA) is 136 Å². The number of aliphatic carboxylic acids is 1. The molecule has 0 bridgehead atoms. The number of nitrogens with zero attached hydrogens (tertiary/aromatic N) is 1. The summed E-state index contributed by atoms with van der Waals surface area (Å²) in [6.45, 7) is 2.69. The van der Waals surface area contributed by atoms with Crippen molar-refractivity contribution in [3.05, 3.63) is 51.9 Å². The van der Waals surface area contributed by atoms with E-state index in [0.717, 1.165) is 16.9 Å². The van der Waals surface area contributed by atoms with Gasteiger partial charge in [0.05, 0.1) is 11.6 Å². The maximum absolute atomic E-state index is 12.2. The fraction of sp³-hybridized carbons (Fsp3) is 0.300. The first-order chi connectivity index (χ1) is 14.3. The fourth-order valence-corrected chi connectivity index (χ4v) is 4.73. The standard InChI is InChI=1S/C20H21N3O6S/c1-11(24)23(9-12-5-3-2-4-6-12)10-14-16-13(7-8-21-14)15(19(26)27)18(30-16)22-17(25)20(28)29/h2-6,14,21H,7-10H2,1H3,(H,22,25)(H,26,27)(H,28,29). The highest BCUT2D eigenvalue weighted by Crippen LogP contribution is 2.40. The minimum atomic E-state index is -1.70. The number of anilines is 1. The molecular formula is C20H21N3O6S. The van der Waals surface area contributed by atoms with E-state index in [9.17, 15) is 24.3 Å². The first kappa shape index (κ1) is 21.5. The van der Waals surface area contributed by atoms with Crippen LogP contribution in [0.2, 0.25) is 0 Å². The summed E-state index contributed by atoms with van der Waals surface area (Å²) >= 11 is 1.03. The molecule has 4 N–H and O–H groups in total. The quantitative estimate of drug-likeness (QED) is 0.511. The van der Waals surface area contributed by atoms with Crippen LogP contribution in [0.5, 0.6) is 0 Å². The van der Waals surface area contributed by atoms with Crippen molar-refractivity contribution in [3.63, 3.8) is 0 Å². The Hall–Kier alpha value is -3.24. The molecule has 1 aliphatic rings. The molecule has 0 radical (unpaired) electrons. The molecule has 30 heavy (non-hydrogen) atoms. The highest BCUT2D eigenvalue weighted by atomic mass is 32.1. The second-order valence-electron chi connectivity index (χ2n) is 6.86. The zero-order valence-corrected chi connectivity index (χ0v) is 17.0. The van der Waals surface area contributed by atoms with Crippen LogP contribution in [-0.4, -0.2) is 52.0 Å². The second kappa shape index (κ2) is 9.06. The summed E-state index contributed by atoms with van der Waals surface area (Å²) in [5.41, 5.74) is 1.43. The van der Waals surface area contributed by atoms with Gasteiger partial charge in [0.25, 0.3) is 0 Å². The average Bonchev–Trinajstić information content (AvgIpc) is 3.07. The minimum Gasteiger partial charge on any atom is -0.478 e. The van der Waals surface area contributed by atoms with Crippen LogP contribution in [0, 0.1) is 0 Å². The number of carbonyl (C=O) groups is 4. The molecule has 1 unspecified atom stereocenters. The Morgan fingerprint density at radius 2 is 1.90 bits per heavy atom. The molecule has 0 saturated carbocycles. The molecule has 2 amide bonds. The summed E-state index contributed by atoms with van der Waals surface area (Å²) in [5, 5.41) is 23.9. The second-order valence-corrected chi connectivity index (χ2v) is 7.91. The van der Waals surface area contributed by atoms with Crippen LogP contribution in [0.3, 0.4) is 0 Å². The molecular weight excluding hydrogens is 410 g/mol. The van der Waals surface area contributed by atoms with Crippen molar-refractivity contribution in [3.8, 4) is 0 Å². The van der Waals surface area contributed by atoms with E-state index in [1.807, 2.05) is 30.3 Å². The number of thiophene rings is 1. The molecule has 0 spiro atoms. The molecule has 1 aromatic heterocycles. The van der Waals surface area contributed by atoms with Crippen molar-refractivity contribution >= 4 is 40.1 Å². The number of aromatic carboxylic acids is 1. The van der Waals surface area contributed by atoms with Gasteiger partial charge in [0.1, 0.15) is 5.00 Å². The summed E-state index contributed by atoms with van der Waals surface area (Å²) < 4.78 is 0. The van der Waals surface area contributed by atoms with E-state index in [1.54, 1.807) is 4.90 Å². The third-order valence-electron chi connectivity index (χ3n) is 4.82. The Kier molecular flexibility index (Phi) is 6.48.